The predicted molar refractivity (Wildman–Crippen MR) is 136 cm³/mol. The fourth-order valence-electron chi connectivity index (χ4n) is 4.75. The van der Waals surface area contributed by atoms with E-state index >= 15 is 0 Å². The first-order valence-electron chi connectivity index (χ1n) is 12.8. The van der Waals surface area contributed by atoms with Crippen LogP contribution in [-0.2, 0) is 0 Å². The molecule has 1 aliphatic rings. The molecular formula is C26H31F5N6O3. The monoisotopic (exact) mass is 570 g/mol. The van der Waals surface area contributed by atoms with Crippen LogP contribution in [0.3, 0.4) is 0 Å². The van der Waals surface area contributed by atoms with E-state index in [2.05, 4.69) is 20.3 Å². The van der Waals surface area contributed by atoms with Crippen LogP contribution in [0.15, 0.2) is 24.7 Å². The molecule has 14 heteroatoms. The van der Waals surface area contributed by atoms with E-state index in [0.717, 1.165) is 19.0 Å². The highest BCUT2D eigenvalue weighted by Gasteiger charge is 2.48. The number of ether oxygens (including phenoxy) is 2. The van der Waals surface area contributed by atoms with Crippen molar-refractivity contribution in [2.24, 2.45) is 5.92 Å². The van der Waals surface area contributed by atoms with Crippen molar-refractivity contribution in [3.05, 3.63) is 36.0 Å². The summed E-state index contributed by atoms with van der Waals surface area (Å²) >= 11 is 0. The minimum Gasteiger partial charge on any atom is -0.494 e. The molecule has 0 saturated heterocycles. The Kier molecular flexibility index (Phi) is 8.64. The van der Waals surface area contributed by atoms with E-state index in [1.807, 2.05) is 0 Å². The Morgan fingerprint density at radius 2 is 1.90 bits per heavy atom. The number of hydrogen-bond donors (Lipinski definition) is 1. The van der Waals surface area contributed by atoms with Crippen LogP contribution in [0.1, 0.15) is 50.0 Å². The van der Waals surface area contributed by atoms with Gasteiger partial charge in [-0.3, -0.25) is 4.98 Å². The normalized spacial score (nSPS) is 15.2. The van der Waals surface area contributed by atoms with Crippen molar-refractivity contribution in [2.45, 2.75) is 64.2 Å². The zero-order chi connectivity index (χ0) is 29.2. The standard InChI is InChI=1S/C26H31F5N6O3/c1-5-37(25(38)35-17(15-6-7-15)8-9-21(27)28)22(26(29,30)31)18-10-16(20(39-3)11-32-18)19-13-36-12-14(2)33-23(36)24(34-19)40-4/h10-13,15,17,21-22H,5-9H2,1-4H3,(H,35,38)/t17-,22-/m0/s1. The second-order valence-electron chi connectivity index (χ2n) is 9.65. The zero-order valence-corrected chi connectivity index (χ0v) is 22.5. The summed E-state index contributed by atoms with van der Waals surface area (Å²) in [6.07, 6.45) is -2.05. The number of halogens is 5. The predicted octanol–water partition coefficient (Wildman–Crippen LogP) is 5.58. The number of methoxy groups -OCH3 is 2. The lowest BCUT2D eigenvalue weighted by atomic mass is 10.1. The number of nitrogens with zero attached hydrogens (tertiary/aromatic N) is 5. The topological polar surface area (TPSA) is 93.9 Å². The van der Waals surface area contributed by atoms with Crippen LogP contribution >= 0.6 is 0 Å². The fraction of sp³-hybridized carbons (Fsp3) is 0.538. The van der Waals surface area contributed by atoms with Gasteiger partial charge in [-0.15, -0.1) is 0 Å². The molecule has 4 rings (SSSR count). The van der Waals surface area contributed by atoms with Crippen molar-refractivity contribution < 1.29 is 36.2 Å². The van der Waals surface area contributed by atoms with Gasteiger partial charge in [0.2, 0.25) is 12.1 Å². The summed E-state index contributed by atoms with van der Waals surface area (Å²) in [4.78, 5) is 26.6. The molecule has 9 nitrogen and oxygen atoms in total. The Hall–Kier alpha value is -3.71. The van der Waals surface area contributed by atoms with Crippen LogP contribution in [0.2, 0.25) is 0 Å². The van der Waals surface area contributed by atoms with Crippen molar-refractivity contribution >= 4 is 11.7 Å². The Labute approximate surface area is 227 Å². The van der Waals surface area contributed by atoms with E-state index in [4.69, 9.17) is 9.47 Å². The van der Waals surface area contributed by atoms with Crippen LogP contribution in [0, 0.1) is 12.8 Å². The second kappa shape index (κ2) is 11.8. The quantitative estimate of drug-likeness (QED) is 0.303. The number of pyridine rings is 1. The first kappa shape index (κ1) is 29.3. The number of aromatic nitrogens is 4. The maximum absolute atomic E-state index is 14.6. The molecule has 1 fully saturated rings. The highest BCUT2D eigenvalue weighted by Crippen LogP contribution is 2.41. The van der Waals surface area contributed by atoms with Gasteiger partial charge in [-0.1, -0.05) is 0 Å². The highest BCUT2D eigenvalue weighted by molar-refractivity contribution is 5.76. The lowest BCUT2D eigenvalue weighted by Gasteiger charge is -2.33. The number of imidazole rings is 1. The molecule has 3 aromatic rings. The summed E-state index contributed by atoms with van der Waals surface area (Å²) in [6, 6.07) is -2.87. The van der Waals surface area contributed by atoms with Crippen molar-refractivity contribution in [2.75, 3.05) is 20.8 Å². The number of alkyl halides is 5. The SMILES string of the molecule is CCN(C(=O)N[C@@H](CCC(F)F)C1CC1)[C@@H](c1cc(-c2cn3cc(C)nc3c(OC)n2)c(OC)cn1)C(F)(F)F. The summed E-state index contributed by atoms with van der Waals surface area (Å²) in [7, 11) is 2.75. The van der Waals surface area contributed by atoms with Gasteiger partial charge < -0.3 is 24.1 Å². The molecule has 1 saturated carbocycles. The third-order valence-corrected chi connectivity index (χ3v) is 6.80. The van der Waals surface area contributed by atoms with E-state index in [1.54, 1.807) is 23.7 Å². The van der Waals surface area contributed by atoms with Gasteiger partial charge in [0.25, 0.3) is 5.88 Å². The van der Waals surface area contributed by atoms with Crippen LogP contribution in [0.25, 0.3) is 16.9 Å². The zero-order valence-electron chi connectivity index (χ0n) is 22.5. The Bertz CT molecular complexity index is 1340. The van der Waals surface area contributed by atoms with Gasteiger partial charge in [0.1, 0.15) is 5.75 Å². The maximum Gasteiger partial charge on any atom is 0.414 e. The van der Waals surface area contributed by atoms with E-state index in [0.29, 0.717) is 16.2 Å². The maximum atomic E-state index is 14.6. The Balaban J connectivity index is 1.73. The van der Waals surface area contributed by atoms with Crippen LogP contribution in [0.5, 0.6) is 11.6 Å². The number of carbonyl (C=O) groups is 1. The Morgan fingerprint density at radius 3 is 2.48 bits per heavy atom. The third kappa shape index (κ3) is 6.36. The average Bonchev–Trinajstić information content (AvgIpc) is 3.67. The minimum atomic E-state index is -4.90. The molecular weight excluding hydrogens is 539 g/mol. The molecule has 2 amide bonds. The van der Waals surface area contributed by atoms with Gasteiger partial charge in [0.15, 0.2) is 6.04 Å². The number of nitrogens with one attached hydrogen (secondary N) is 1. The molecule has 1 aliphatic carbocycles. The van der Waals surface area contributed by atoms with E-state index in [1.165, 1.54) is 27.2 Å². The van der Waals surface area contributed by atoms with Gasteiger partial charge in [0.05, 0.1) is 37.5 Å². The molecule has 2 atom stereocenters. The highest BCUT2D eigenvalue weighted by atomic mass is 19.4. The molecule has 0 aromatic carbocycles. The van der Waals surface area contributed by atoms with Crippen molar-refractivity contribution in [1.82, 2.24) is 29.6 Å². The molecule has 40 heavy (non-hydrogen) atoms. The van der Waals surface area contributed by atoms with Crippen LogP contribution < -0.4 is 14.8 Å². The van der Waals surface area contributed by atoms with Gasteiger partial charge in [-0.25, -0.2) is 23.5 Å². The molecule has 218 valence electrons. The largest absolute Gasteiger partial charge is 0.494 e. The lowest BCUT2D eigenvalue weighted by molar-refractivity contribution is -0.179. The molecule has 0 aliphatic heterocycles. The summed E-state index contributed by atoms with van der Waals surface area (Å²) in [5, 5.41) is 2.58. The van der Waals surface area contributed by atoms with E-state index in [-0.39, 0.29) is 41.8 Å². The number of aryl methyl sites for hydroxylation is 1. The number of amides is 2. The number of hydrogen-bond acceptors (Lipinski definition) is 6. The minimum absolute atomic E-state index is 0.0169. The van der Waals surface area contributed by atoms with Crippen molar-refractivity contribution in [1.29, 1.82) is 0 Å². The molecule has 3 aromatic heterocycles. The van der Waals surface area contributed by atoms with Gasteiger partial charge in [0, 0.05) is 37.0 Å². The van der Waals surface area contributed by atoms with E-state index < -0.39 is 42.8 Å². The fourth-order valence-corrected chi connectivity index (χ4v) is 4.75. The molecule has 0 unspecified atom stereocenters. The summed E-state index contributed by atoms with van der Waals surface area (Å²) in [5.74, 6) is 0.283. The van der Waals surface area contributed by atoms with E-state index in [9.17, 15) is 26.7 Å². The third-order valence-electron chi connectivity index (χ3n) is 6.80. The molecule has 0 bridgehead atoms. The molecule has 0 radical (unpaired) electrons. The number of fused-ring (bicyclic) bond motifs is 1. The number of urea groups is 1. The van der Waals surface area contributed by atoms with Gasteiger partial charge in [-0.2, -0.15) is 13.2 Å². The van der Waals surface area contributed by atoms with Crippen molar-refractivity contribution in [3.8, 4) is 22.9 Å². The van der Waals surface area contributed by atoms with Gasteiger partial charge in [-0.05, 0) is 45.1 Å². The molecule has 0 spiro atoms. The smallest absolute Gasteiger partial charge is 0.414 e. The Morgan fingerprint density at radius 1 is 1.18 bits per heavy atom. The molecule has 1 N–H and O–H groups in total. The lowest BCUT2D eigenvalue weighted by Crippen LogP contribution is -2.50. The average molecular weight is 571 g/mol. The number of rotatable bonds is 11. The van der Waals surface area contributed by atoms with Crippen LogP contribution in [0.4, 0.5) is 26.7 Å². The number of carbonyl (C=O) groups excluding carboxylic acids is 1. The first-order chi connectivity index (χ1) is 19.0. The summed E-state index contributed by atoms with van der Waals surface area (Å²) < 4.78 is 81.7. The van der Waals surface area contributed by atoms with Crippen LogP contribution in [-0.4, -0.2) is 69.7 Å². The van der Waals surface area contributed by atoms with Gasteiger partial charge >= 0.3 is 12.2 Å². The van der Waals surface area contributed by atoms with Crippen molar-refractivity contribution in [3.63, 3.8) is 0 Å². The summed E-state index contributed by atoms with van der Waals surface area (Å²) in [6.45, 7) is 2.88. The summed E-state index contributed by atoms with van der Waals surface area (Å²) in [5.41, 5.74) is 1.07. The first-order valence-corrected chi connectivity index (χ1v) is 12.8. The second-order valence-corrected chi connectivity index (χ2v) is 9.65. The molecule has 3 heterocycles.